The van der Waals surface area contributed by atoms with E-state index in [2.05, 4.69) is 10.6 Å². The van der Waals surface area contributed by atoms with Crippen LogP contribution < -0.4 is 16.4 Å². The first-order valence-electron chi connectivity index (χ1n) is 11.5. The number of hydrogen-bond acceptors (Lipinski definition) is 3. The fraction of sp³-hybridized carbons (Fsp3) is 0.652. The zero-order chi connectivity index (χ0) is 25.1. The van der Waals surface area contributed by atoms with Gasteiger partial charge in [0.25, 0.3) is 0 Å². The van der Waals surface area contributed by atoms with E-state index >= 15 is 0 Å². The van der Waals surface area contributed by atoms with E-state index in [1.54, 1.807) is 0 Å². The summed E-state index contributed by atoms with van der Waals surface area (Å²) in [5.74, 6) is -0.885. The Balaban J connectivity index is 1.53. The molecule has 0 heterocycles. The lowest BCUT2D eigenvalue weighted by Gasteiger charge is -2.35. The number of carbonyl (C=O) groups excluding carboxylic acids is 2. The molecule has 0 aliphatic heterocycles. The second-order valence-electron chi connectivity index (χ2n) is 9.45. The number of nitrogens with one attached hydrogen (secondary N) is 2. The maximum Gasteiger partial charge on any atom is 0.416 e. The van der Waals surface area contributed by atoms with Crippen LogP contribution >= 0.6 is 0 Å². The van der Waals surface area contributed by atoms with E-state index in [4.69, 9.17) is 5.73 Å². The van der Waals surface area contributed by atoms with Crippen molar-refractivity contribution in [2.75, 3.05) is 5.32 Å². The SMILES string of the molecule is NC1(C(=O)N[C@H]2CC[C@H](CC(=O)Nc3cc(C(F)(F)F)cc(C(F)(F)F)c3)CC2)CCCCC1. The van der Waals surface area contributed by atoms with Crippen molar-refractivity contribution < 1.29 is 35.9 Å². The van der Waals surface area contributed by atoms with Gasteiger partial charge in [-0.2, -0.15) is 26.3 Å². The Labute approximate surface area is 193 Å². The summed E-state index contributed by atoms with van der Waals surface area (Å²) in [4.78, 5) is 24.9. The van der Waals surface area contributed by atoms with Crippen molar-refractivity contribution in [3.63, 3.8) is 0 Å². The molecule has 2 aliphatic rings. The summed E-state index contributed by atoms with van der Waals surface area (Å²) in [7, 11) is 0. The van der Waals surface area contributed by atoms with Gasteiger partial charge >= 0.3 is 12.4 Å². The van der Waals surface area contributed by atoms with Gasteiger partial charge in [-0.1, -0.05) is 19.3 Å². The summed E-state index contributed by atoms with van der Waals surface area (Å²) in [6, 6.07) is 0.942. The zero-order valence-corrected chi connectivity index (χ0v) is 18.6. The van der Waals surface area contributed by atoms with Crippen LogP contribution in [0.3, 0.4) is 0 Å². The molecule has 0 spiro atoms. The molecule has 2 aliphatic carbocycles. The van der Waals surface area contributed by atoms with Gasteiger partial charge in [0.15, 0.2) is 0 Å². The summed E-state index contributed by atoms with van der Waals surface area (Å²) in [6.07, 6.45) is -3.32. The van der Waals surface area contributed by atoms with Crippen LogP contribution in [0.4, 0.5) is 32.0 Å². The van der Waals surface area contributed by atoms with Gasteiger partial charge in [-0.15, -0.1) is 0 Å². The molecule has 2 amide bonds. The molecule has 1 aromatic carbocycles. The van der Waals surface area contributed by atoms with Crippen molar-refractivity contribution in [3.8, 4) is 0 Å². The minimum absolute atomic E-state index is 0.0179. The molecule has 0 unspecified atom stereocenters. The Hall–Kier alpha value is -2.30. The zero-order valence-electron chi connectivity index (χ0n) is 18.6. The van der Waals surface area contributed by atoms with Gasteiger partial charge in [-0.25, -0.2) is 0 Å². The number of hydrogen-bond donors (Lipinski definition) is 3. The van der Waals surface area contributed by atoms with Gasteiger partial charge in [0, 0.05) is 18.2 Å². The Morgan fingerprint density at radius 2 is 1.41 bits per heavy atom. The van der Waals surface area contributed by atoms with Crippen molar-refractivity contribution in [2.45, 2.75) is 88.1 Å². The largest absolute Gasteiger partial charge is 0.416 e. The first-order valence-corrected chi connectivity index (χ1v) is 11.5. The molecular weight excluding hydrogens is 464 g/mol. The fourth-order valence-electron chi connectivity index (χ4n) is 4.75. The molecule has 0 aromatic heterocycles. The lowest BCUT2D eigenvalue weighted by molar-refractivity contribution is -0.143. The van der Waals surface area contributed by atoms with E-state index in [1.807, 2.05) is 0 Å². The number of rotatable bonds is 5. The highest BCUT2D eigenvalue weighted by Gasteiger charge is 2.38. The van der Waals surface area contributed by atoms with Gasteiger partial charge in [-0.3, -0.25) is 9.59 Å². The standard InChI is InChI=1S/C23H29F6N3O2/c24-22(25,26)15-11-16(23(27,28)29)13-18(12-15)31-19(33)10-14-4-6-17(7-5-14)32-20(34)21(30)8-2-1-3-9-21/h11-14,17H,1-10,30H2,(H,31,33)(H,32,34)/t14-,17-. The Kier molecular flexibility index (Phi) is 7.84. The third-order valence-electron chi connectivity index (χ3n) is 6.73. The molecule has 2 fully saturated rings. The average Bonchev–Trinajstić information content (AvgIpc) is 2.74. The van der Waals surface area contributed by atoms with Crippen LogP contribution in [0.5, 0.6) is 0 Å². The maximum atomic E-state index is 13.0. The number of anilines is 1. The van der Waals surface area contributed by atoms with E-state index < -0.39 is 40.6 Å². The van der Waals surface area contributed by atoms with E-state index in [0.717, 1.165) is 19.3 Å². The molecule has 190 valence electrons. The first kappa shape index (κ1) is 26.3. The minimum Gasteiger partial charge on any atom is -0.352 e. The van der Waals surface area contributed by atoms with Crippen LogP contribution in [0.15, 0.2) is 18.2 Å². The van der Waals surface area contributed by atoms with Crippen LogP contribution in [0.2, 0.25) is 0 Å². The Morgan fingerprint density at radius 3 is 1.91 bits per heavy atom. The molecule has 5 nitrogen and oxygen atoms in total. The van der Waals surface area contributed by atoms with E-state index in [0.29, 0.717) is 50.7 Å². The molecular formula is C23H29F6N3O2. The molecule has 4 N–H and O–H groups in total. The quantitative estimate of drug-likeness (QED) is 0.481. The summed E-state index contributed by atoms with van der Waals surface area (Å²) in [6.45, 7) is 0. The summed E-state index contributed by atoms with van der Waals surface area (Å²) in [5.41, 5.74) is 1.91. The first-order chi connectivity index (χ1) is 15.8. The Bertz CT molecular complexity index is 853. The van der Waals surface area contributed by atoms with Gasteiger partial charge < -0.3 is 16.4 Å². The second-order valence-corrected chi connectivity index (χ2v) is 9.45. The fourth-order valence-corrected chi connectivity index (χ4v) is 4.75. The number of carbonyl (C=O) groups is 2. The number of benzene rings is 1. The summed E-state index contributed by atoms with van der Waals surface area (Å²) >= 11 is 0. The van der Waals surface area contributed by atoms with Crippen LogP contribution in [0.25, 0.3) is 0 Å². The normalized spacial score (nSPS) is 23.3. The molecule has 2 saturated carbocycles. The predicted octanol–water partition coefficient (Wildman–Crippen LogP) is 5.39. The number of alkyl halides is 6. The smallest absolute Gasteiger partial charge is 0.352 e. The van der Waals surface area contributed by atoms with Gasteiger partial charge in [0.2, 0.25) is 11.8 Å². The molecule has 11 heteroatoms. The van der Waals surface area contributed by atoms with Gasteiger partial charge in [0.1, 0.15) is 0 Å². The van der Waals surface area contributed by atoms with E-state index in [-0.39, 0.29) is 30.4 Å². The molecule has 0 saturated heterocycles. The van der Waals surface area contributed by atoms with E-state index in [1.165, 1.54) is 0 Å². The lowest BCUT2D eigenvalue weighted by Crippen LogP contribution is -2.57. The van der Waals surface area contributed by atoms with Crippen LogP contribution in [-0.4, -0.2) is 23.4 Å². The van der Waals surface area contributed by atoms with Crippen molar-refractivity contribution in [3.05, 3.63) is 29.3 Å². The molecule has 3 rings (SSSR count). The molecule has 34 heavy (non-hydrogen) atoms. The third-order valence-corrected chi connectivity index (χ3v) is 6.73. The van der Waals surface area contributed by atoms with Crippen LogP contribution in [0.1, 0.15) is 75.3 Å². The highest BCUT2D eigenvalue weighted by Crippen LogP contribution is 2.38. The predicted molar refractivity (Wildman–Crippen MR) is 114 cm³/mol. The highest BCUT2D eigenvalue weighted by atomic mass is 19.4. The summed E-state index contributed by atoms with van der Waals surface area (Å²) in [5, 5.41) is 5.19. The van der Waals surface area contributed by atoms with Crippen molar-refractivity contribution in [2.24, 2.45) is 11.7 Å². The maximum absolute atomic E-state index is 13.0. The number of amides is 2. The van der Waals surface area contributed by atoms with E-state index in [9.17, 15) is 35.9 Å². The van der Waals surface area contributed by atoms with Gasteiger partial charge in [0.05, 0.1) is 16.7 Å². The Morgan fingerprint density at radius 1 is 0.882 bits per heavy atom. The van der Waals surface area contributed by atoms with Crippen molar-refractivity contribution in [1.29, 1.82) is 0 Å². The monoisotopic (exact) mass is 493 g/mol. The minimum atomic E-state index is -4.98. The van der Waals surface area contributed by atoms with Crippen molar-refractivity contribution in [1.82, 2.24) is 5.32 Å². The third kappa shape index (κ3) is 6.86. The molecule has 0 atom stereocenters. The lowest BCUT2D eigenvalue weighted by atomic mass is 9.80. The van der Waals surface area contributed by atoms with Crippen LogP contribution in [-0.2, 0) is 21.9 Å². The summed E-state index contributed by atoms with van der Waals surface area (Å²) < 4.78 is 78.0. The second kappa shape index (κ2) is 10.1. The molecule has 0 radical (unpaired) electrons. The molecule has 0 bridgehead atoms. The average molecular weight is 493 g/mol. The topological polar surface area (TPSA) is 84.2 Å². The molecule has 1 aromatic rings. The van der Waals surface area contributed by atoms with Crippen LogP contribution in [0, 0.1) is 5.92 Å². The number of nitrogens with two attached hydrogens (primary N) is 1. The number of halogens is 6. The van der Waals surface area contributed by atoms with Crippen molar-refractivity contribution >= 4 is 17.5 Å². The van der Waals surface area contributed by atoms with Gasteiger partial charge in [-0.05, 0) is 62.6 Å². The highest BCUT2D eigenvalue weighted by molar-refractivity contribution is 5.91.